The zero-order chi connectivity index (χ0) is 13.9. The third kappa shape index (κ3) is 3.94. The lowest BCUT2D eigenvalue weighted by atomic mass is 10.0. The molecule has 0 unspecified atom stereocenters. The Hall–Kier alpha value is -0.640. The van der Waals surface area contributed by atoms with Crippen LogP contribution in [0.5, 0.6) is 0 Å². The monoisotopic (exact) mass is 296 g/mol. The van der Waals surface area contributed by atoms with E-state index in [2.05, 4.69) is 10.2 Å². The van der Waals surface area contributed by atoms with Crippen molar-refractivity contribution in [3.05, 3.63) is 34.6 Å². The van der Waals surface area contributed by atoms with Crippen LogP contribution >= 0.6 is 11.6 Å². The van der Waals surface area contributed by atoms with Gasteiger partial charge in [-0.1, -0.05) is 17.7 Å². The number of likely N-dealkylation sites (tertiary alicyclic amines) is 1. The third-order valence-corrected chi connectivity index (χ3v) is 4.74. The van der Waals surface area contributed by atoms with Gasteiger partial charge >= 0.3 is 0 Å². The first-order valence-electron chi connectivity index (χ1n) is 7.60. The standard InChI is InChI=1S/C16H22ClFN2/c17-16-9-14(18)4-3-13(16)11-20-7-5-15(6-8-20)19-10-12-1-2-12/h3-4,9,12,15,19H,1-2,5-8,10-11H2. The van der Waals surface area contributed by atoms with Gasteiger partial charge in [0.1, 0.15) is 5.82 Å². The average Bonchev–Trinajstić information content (AvgIpc) is 3.25. The number of halogens is 2. The Morgan fingerprint density at radius 3 is 2.60 bits per heavy atom. The molecule has 110 valence electrons. The number of hydrogen-bond donors (Lipinski definition) is 1. The predicted molar refractivity (Wildman–Crippen MR) is 80.4 cm³/mol. The van der Waals surface area contributed by atoms with E-state index in [1.807, 2.05) is 0 Å². The van der Waals surface area contributed by atoms with Crippen LogP contribution in [0.25, 0.3) is 0 Å². The van der Waals surface area contributed by atoms with Crippen molar-refractivity contribution in [3.63, 3.8) is 0 Å². The molecular formula is C16H22ClFN2. The molecule has 0 atom stereocenters. The average molecular weight is 297 g/mol. The highest BCUT2D eigenvalue weighted by molar-refractivity contribution is 6.31. The van der Waals surface area contributed by atoms with E-state index in [1.54, 1.807) is 6.07 Å². The van der Waals surface area contributed by atoms with Crippen LogP contribution in [0.2, 0.25) is 5.02 Å². The molecule has 1 aromatic rings. The van der Waals surface area contributed by atoms with Gasteiger partial charge in [-0.15, -0.1) is 0 Å². The minimum Gasteiger partial charge on any atom is -0.314 e. The molecule has 3 rings (SSSR count). The van der Waals surface area contributed by atoms with Crippen LogP contribution < -0.4 is 5.32 Å². The molecule has 1 aromatic carbocycles. The van der Waals surface area contributed by atoms with Gasteiger partial charge in [-0.2, -0.15) is 0 Å². The summed E-state index contributed by atoms with van der Waals surface area (Å²) in [4.78, 5) is 2.41. The maximum absolute atomic E-state index is 13.0. The Bertz CT molecular complexity index is 454. The first-order chi connectivity index (χ1) is 9.70. The number of nitrogens with one attached hydrogen (secondary N) is 1. The van der Waals surface area contributed by atoms with Gasteiger partial charge in [-0.3, -0.25) is 4.90 Å². The summed E-state index contributed by atoms with van der Waals surface area (Å²) in [6.07, 6.45) is 5.22. The molecular weight excluding hydrogens is 275 g/mol. The number of hydrogen-bond acceptors (Lipinski definition) is 2. The van der Waals surface area contributed by atoms with E-state index < -0.39 is 0 Å². The summed E-state index contributed by atoms with van der Waals surface area (Å²) in [7, 11) is 0. The first-order valence-corrected chi connectivity index (χ1v) is 7.98. The van der Waals surface area contributed by atoms with Crippen LogP contribution in [0.4, 0.5) is 4.39 Å². The lowest BCUT2D eigenvalue weighted by Crippen LogP contribution is -2.42. The Morgan fingerprint density at radius 1 is 1.20 bits per heavy atom. The Kier molecular flexibility index (Phi) is 4.59. The topological polar surface area (TPSA) is 15.3 Å². The molecule has 1 saturated heterocycles. The van der Waals surface area contributed by atoms with E-state index in [-0.39, 0.29) is 5.82 Å². The zero-order valence-electron chi connectivity index (χ0n) is 11.7. The van der Waals surface area contributed by atoms with Crippen LogP contribution in [0.3, 0.4) is 0 Å². The molecule has 1 N–H and O–H groups in total. The highest BCUT2D eigenvalue weighted by Gasteiger charge is 2.24. The van der Waals surface area contributed by atoms with Crippen molar-refractivity contribution in [2.45, 2.75) is 38.3 Å². The van der Waals surface area contributed by atoms with Crippen molar-refractivity contribution in [2.75, 3.05) is 19.6 Å². The normalized spacial score (nSPS) is 21.3. The molecule has 20 heavy (non-hydrogen) atoms. The van der Waals surface area contributed by atoms with Crippen molar-refractivity contribution in [2.24, 2.45) is 5.92 Å². The fourth-order valence-corrected chi connectivity index (χ4v) is 3.07. The molecule has 1 aliphatic heterocycles. The van der Waals surface area contributed by atoms with Gasteiger partial charge in [0.05, 0.1) is 0 Å². The highest BCUT2D eigenvalue weighted by Crippen LogP contribution is 2.28. The molecule has 0 bridgehead atoms. The molecule has 1 heterocycles. The van der Waals surface area contributed by atoms with Gasteiger partial charge in [-0.25, -0.2) is 4.39 Å². The summed E-state index contributed by atoms with van der Waals surface area (Å²) in [5.41, 5.74) is 1.03. The van der Waals surface area contributed by atoms with E-state index in [9.17, 15) is 4.39 Å². The van der Waals surface area contributed by atoms with E-state index in [0.717, 1.165) is 31.1 Å². The summed E-state index contributed by atoms with van der Waals surface area (Å²) in [6, 6.07) is 5.37. The van der Waals surface area contributed by atoms with Crippen LogP contribution in [0.15, 0.2) is 18.2 Å². The van der Waals surface area contributed by atoms with Crippen LogP contribution in [-0.4, -0.2) is 30.6 Å². The van der Waals surface area contributed by atoms with Gasteiger partial charge in [0.15, 0.2) is 0 Å². The molecule has 0 amide bonds. The third-order valence-electron chi connectivity index (χ3n) is 4.39. The van der Waals surface area contributed by atoms with Crippen LogP contribution in [-0.2, 0) is 6.54 Å². The summed E-state index contributed by atoms with van der Waals surface area (Å²) in [6.45, 7) is 4.22. The predicted octanol–water partition coefficient (Wildman–Crippen LogP) is 3.44. The molecule has 2 aliphatic rings. The second-order valence-electron chi connectivity index (χ2n) is 6.14. The number of benzene rings is 1. The second-order valence-corrected chi connectivity index (χ2v) is 6.54. The molecule has 2 nitrogen and oxygen atoms in total. The fraction of sp³-hybridized carbons (Fsp3) is 0.625. The van der Waals surface area contributed by atoms with Crippen LogP contribution in [0, 0.1) is 11.7 Å². The van der Waals surface area contributed by atoms with E-state index in [1.165, 1.54) is 44.4 Å². The SMILES string of the molecule is Fc1ccc(CN2CCC(NCC3CC3)CC2)c(Cl)c1. The summed E-state index contributed by atoms with van der Waals surface area (Å²) >= 11 is 6.09. The molecule has 2 fully saturated rings. The van der Waals surface area contributed by atoms with Crippen molar-refractivity contribution in [1.29, 1.82) is 0 Å². The maximum atomic E-state index is 13.0. The number of nitrogens with zero attached hydrogens (tertiary/aromatic N) is 1. The largest absolute Gasteiger partial charge is 0.314 e. The quantitative estimate of drug-likeness (QED) is 0.895. The minimum atomic E-state index is -0.262. The molecule has 1 saturated carbocycles. The van der Waals surface area contributed by atoms with Gasteiger partial charge in [-0.05, 0) is 68.9 Å². The fourth-order valence-electron chi connectivity index (χ4n) is 2.84. The van der Waals surface area contributed by atoms with Crippen molar-refractivity contribution in [3.8, 4) is 0 Å². The Labute approximate surface area is 125 Å². The molecule has 0 radical (unpaired) electrons. The lowest BCUT2D eigenvalue weighted by Gasteiger charge is -2.32. The van der Waals surface area contributed by atoms with Gasteiger partial charge in [0, 0.05) is 17.6 Å². The molecule has 0 aromatic heterocycles. The van der Waals surface area contributed by atoms with Crippen molar-refractivity contribution in [1.82, 2.24) is 10.2 Å². The molecule has 0 spiro atoms. The molecule has 1 aliphatic carbocycles. The Balaban J connectivity index is 1.45. The second kappa shape index (κ2) is 6.42. The minimum absolute atomic E-state index is 0.262. The van der Waals surface area contributed by atoms with Crippen LogP contribution in [0.1, 0.15) is 31.2 Å². The summed E-state index contributed by atoms with van der Waals surface area (Å²) < 4.78 is 13.0. The summed E-state index contributed by atoms with van der Waals surface area (Å²) in [5, 5.41) is 4.23. The molecule has 4 heteroatoms. The number of rotatable bonds is 5. The van der Waals surface area contributed by atoms with Gasteiger partial charge in [0.25, 0.3) is 0 Å². The van der Waals surface area contributed by atoms with Gasteiger partial charge < -0.3 is 5.32 Å². The lowest BCUT2D eigenvalue weighted by molar-refractivity contribution is 0.190. The maximum Gasteiger partial charge on any atom is 0.124 e. The first kappa shape index (κ1) is 14.3. The Morgan fingerprint density at radius 2 is 1.95 bits per heavy atom. The van der Waals surface area contributed by atoms with Crippen molar-refractivity contribution >= 4 is 11.6 Å². The highest BCUT2D eigenvalue weighted by atomic mass is 35.5. The van der Waals surface area contributed by atoms with E-state index in [0.29, 0.717) is 11.1 Å². The number of piperidine rings is 1. The van der Waals surface area contributed by atoms with Crippen molar-refractivity contribution < 1.29 is 4.39 Å². The smallest absolute Gasteiger partial charge is 0.124 e. The zero-order valence-corrected chi connectivity index (χ0v) is 12.5. The summed E-state index contributed by atoms with van der Waals surface area (Å²) in [5.74, 6) is 0.688. The van der Waals surface area contributed by atoms with Gasteiger partial charge in [0.2, 0.25) is 0 Å². The van der Waals surface area contributed by atoms with E-state index in [4.69, 9.17) is 11.6 Å². The van der Waals surface area contributed by atoms with E-state index >= 15 is 0 Å².